The first-order valence-electron chi connectivity index (χ1n) is 5.53. The number of hydrogen-bond acceptors (Lipinski definition) is 4. The van der Waals surface area contributed by atoms with Crippen LogP contribution in [0.15, 0.2) is 41.3 Å². The van der Waals surface area contributed by atoms with Crippen molar-refractivity contribution < 1.29 is 4.84 Å². The van der Waals surface area contributed by atoms with E-state index in [1.807, 2.05) is 18.3 Å². The van der Waals surface area contributed by atoms with Crippen molar-refractivity contribution in [1.82, 2.24) is 10.3 Å². The Morgan fingerprint density at radius 2 is 2.44 bits per heavy atom. The number of pyridine rings is 1. The minimum atomic E-state index is -0.0716. The molecule has 0 bridgehead atoms. The lowest BCUT2D eigenvalue weighted by atomic mass is 10.0. The second-order valence-corrected chi connectivity index (χ2v) is 3.92. The van der Waals surface area contributed by atoms with Gasteiger partial charge in [-0.15, -0.1) is 0 Å². The van der Waals surface area contributed by atoms with Gasteiger partial charge in [0.15, 0.2) is 0 Å². The number of allylic oxidation sites excluding steroid dienone is 1. The third-order valence-electron chi connectivity index (χ3n) is 2.82. The normalized spacial score (nSPS) is 23.9. The highest BCUT2D eigenvalue weighted by Crippen LogP contribution is 2.23. The van der Waals surface area contributed by atoms with Crippen LogP contribution in [0, 0.1) is 0 Å². The first-order valence-corrected chi connectivity index (χ1v) is 5.53. The van der Waals surface area contributed by atoms with Crippen molar-refractivity contribution in [2.24, 2.45) is 5.16 Å². The summed E-state index contributed by atoms with van der Waals surface area (Å²) in [6.07, 6.45) is 7.93. The van der Waals surface area contributed by atoms with Crippen LogP contribution in [-0.4, -0.2) is 23.5 Å². The Morgan fingerprint density at radius 1 is 1.44 bits per heavy atom. The van der Waals surface area contributed by atoms with Gasteiger partial charge < -0.3 is 4.84 Å². The summed E-state index contributed by atoms with van der Waals surface area (Å²) in [5.41, 5.74) is 3.07. The van der Waals surface area contributed by atoms with E-state index in [1.165, 1.54) is 0 Å². The third kappa shape index (κ3) is 1.61. The Morgan fingerprint density at radius 3 is 3.31 bits per heavy atom. The Kier molecular flexibility index (Phi) is 2.42. The molecule has 3 heterocycles. The molecule has 0 saturated carbocycles. The molecule has 2 aliphatic heterocycles. The Labute approximate surface area is 94.0 Å². The first kappa shape index (κ1) is 9.54. The summed E-state index contributed by atoms with van der Waals surface area (Å²) < 4.78 is 0. The molecule has 1 N–H and O–H groups in total. The molecule has 16 heavy (non-hydrogen) atoms. The lowest BCUT2D eigenvalue weighted by molar-refractivity contribution is 0.0808. The van der Waals surface area contributed by atoms with Crippen LogP contribution in [-0.2, 0) is 4.84 Å². The number of fused-ring (bicyclic) bond motifs is 1. The largest absolute Gasteiger partial charge is 0.371 e. The highest BCUT2D eigenvalue weighted by molar-refractivity contribution is 6.13. The predicted molar refractivity (Wildman–Crippen MR) is 61.0 cm³/mol. The molecule has 4 heteroatoms. The van der Waals surface area contributed by atoms with Crippen molar-refractivity contribution in [3.05, 3.63) is 41.7 Å². The van der Waals surface area contributed by atoms with Gasteiger partial charge in [-0.1, -0.05) is 11.2 Å². The molecule has 0 aromatic carbocycles. The standard InChI is InChI=1S/C12H13N3O/c1-2-7-14-12-10(5-1)11(15-16-12)9-4-3-6-13-8-9/h3-6,8,12,14H,1-2,7H2. The topological polar surface area (TPSA) is 46.5 Å². The fourth-order valence-corrected chi connectivity index (χ4v) is 2.00. The van der Waals surface area contributed by atoms with Gasteiger partial charge in [0.1, 0.15) is 5.71 Å². The van der Waals surface area contributed by atoms with Gasteiger partial charge in [-0.3, -0.25) is 10.3 Å². The quantitative estimate of drug-likeness (QED) is 0.771. The van der Waals surface area contributed by atoms with E-state index >= 15 is 0 Å². The van der Waals surface area contributed by atoms with Gasteiger partial charge in [-0.05, 0) is 31.5 Å². The van der Waals surface area contributed by atoms with E-state index in [4.69, 9.17) is 4.84 Å². The zero-order chi connectivity index (χ0) is 10.8. The zero-order valence-corrected chi connectivity index (χ0v) is 8.89. The van der Waals surface area contributed by atoms with Crippen molar-refractivity contribution in [2.75, 3.05) is 6.54 Å². The SMILES string of the molecule is C1=C2C(c3cccnc3)=NOC2NCCC1. The summed E-state index contributed by atoms with van der Waals surface area (Å²) in [4.78, 5) is 9.49. The first-order chi connectivity index (χ1) is 7.95. The summed E-state index contributed by atoms with van der Waals surface area (Å²) in [5.74, 6) is 0. The molecule has 0 aliphatic carbocycles. The third-order valence-corrected chi connectivity index (χ3v) is 2.82. The van der Waals surface area contributed by atoms with Gasteiger partial charge >= 0.3 is 0 Å². The number of nitrogens with zero attached hydrogens (tertiary/aromatic N) is 2. The van der Waals surface area contributed by atoms with E-state index in [0.29, 0.717) is 0 Å². The van der Waals surface area contributed by atoms with Crippen LogP contribution >= 0.6 is 0 Å². The van der Waals surface area contributed by atoms with Crippen LogP contribution in [0.1, 0.15) is 18.4 Å². The lowest BCUT2D eigenvalue weighted by Crippen LogP contribution is -2.30. The van der Waals surface area contributed by atoms with Gasteiger partial charge in [-0.2, -0.15) is 0 Å². The van der Waals surface area contributed by atoms with Crippen LogP contribution in [0.3, 0.4) is 0 Å². The molecule has 2 aliphatic rings. The molecule has 0 saturated heterocycles. The maximum absolute atomic E-state index is 5.38. The molecular weight excluding hydrogens is 202 g/mol. The number of nitrogens with one attached hydrogen (secondary N) is 1. The predicted octanol–water partition coefficient (Wildman–Crippen LogP) is 1.45. The van der Waals surface area contributed by atoms with E-state index in [-0.39, 0.29) is 6.23 Å². The molecule has 3 rings (SSSR count). The van der Waals surface area contributed by atoms with E-state index in [0.717, 1.165) is 36.2 Å². The molecule has 1 unspecified atom stereocenters. The van der Waals surface area contributed by atoms with Gasteiger partial charge in [-0.25, -0.2) is 0 Å². The molecule has 82 valence electrons. The average molecular weight is 215 g/mol. The van der Waals surface area contributed by atoms with Crippen molar-refractivity contribution in [3.63, 3.8) is 0 Å². The molecular formula is C12H13N3O. The van der Waals surface area contributed by atoms with Gasteiger partial charge in [0.2, 0.25) is 6.23 Å². The maximum atomic E-state index is 5.38. The second-order valence-electron chi connectivity index (χ2n) is 3.92. The smallest absolute Gasteiger partial charge is 0.206 e. The summed E-state index contributed by atoms with van der Waals surface area (Å²) in [7, 11) is 0. The lowest BCUT2D eigenvalue weighted by Gasteiger charge is -2.09. The number of hydrogen-bond donors (Lipinski definition) is 1. The number of oxime groups is 1. The van der Waals surface area contributed by atoms with Crippen LogP contribution in [0.5, 0.6) is 0 Å². The highest BCUT2D eigenvalue weighted by Gasteiger charge is 2.28. The highest BCUT2D eigenvalue weighted by atomic mass is 16.7. The fourth-order valence-electron chi connectivity index (χ4n) is 2.00. The molecule has 0 spiro atoms. The molecule has 1 aromatic rings. The van der Waals surface area contributed by atoms with Crippen molar-refractivity contribution in [2.45, 2.75) is 19.1 Å². The average Bonchev–Trinajstić information content (AvgIpc) is 2.60. The van der Waals surface area contributed by atoms with E-state index in [1.54, 1.807) is 6.20 Å². The molecule has 1 atom stereocenters. The number of aromatic nitrogens is 1. The summed E-state index contributed by atoms with van der Waals surface area (Å²) in [5, 5.41) is 7.46. The van der Waals surface area contributed by atoms with Crippen LogP contribution < -0.4 is 5.32 Å². The monoisotopic (exact) mass is 215 g/mol. The minimum absolute atomic E-state index is 0.0716. The summed E-state index contributed by atoms with van der Waals surface area (Å²) in [6, 6.07) is 3.92. The molecule has 4 nitrogen and oxygen atoms in total. The Bertz CT molecular complexity index is 439. The molecule has 0 radical (unpaired) electrons. The zero-order valence-electron chi connectivity index (χ0n) is 8.89. The van der Waals surface area contributed by atoms with E-state index in [2.05, 4.69) is 21.5 Å². The molecule has 0 amide bonds. The van der Waals surface area contributed by atoms with Gasteiger partial charge in [0.05, 0.1) is 0 Å². The summed E-state index contributed by atoms with van der Waals surface area (Å²) in [6.45, 7) is 0.973. The van der Waals surface area contributed by atoms with Crippen molar-refractivity contribution in [3.8, 4) is 0 Å². The van der Waals surface area contributed by atoms with Crippen LogP contribution in [0.2, 0.25) is 0 Å². The molecule has 1 aromatic heterocycles. The van der Waals surface area contributed by atoms with Gasteiger partial charge in [0.25, 0.3) is 0 Å². The van der Waals surface area contributed by atoms with E-state index in [9.17, 15) is 0 Å². The summed E-state index contributed by atoms with van der Waals surface area (Å²) >= 11 is 0. The maximum Gasteiger partial charge on any atom is 0.206 e. The van der Waals surface area contributed by atoms with Crippen molar-refractivity contribution in [1.29, 1.82) is 0 Å². The minimum Gasteiger partial charge on any atom is -0.371 e. The number of rotatable bonds is 1. The van der Waals surface area contributed by atoms with Crippen molar-refractivity contribution >= 4 is 5.71 Å². The van der Waals surface area contributed by atoms with Crippen LogP contribution in [0.4, 0.5) is 0 Å². The van der Waals surface area contributed by atoms with Crippen LogP contribution in [0.25, 0.3) is 0 Å². The Balaban J connectivity index is 1.95. The second kappa shape index (κ2) is 4.06. The van der Waals surface area contributed by atoms with E-state index < -0.39 is 0 Å². The fraction of sp³-hybridized carbons (Fsp3) is 0.333. The van der Waals surface area contributed by atoms with Gasteiger partial charge in [0, 0.05) is 23.5 Å². The molecule has 0 fully saturated rings. The Hall–Kier alpha value is -1.68.